The van der Waals surface area contributed by atoms with Gasteiger partial charge in [-0.25, -0.2) is 8.42 Å². The lowest BCUT2D eigenvalue weighted by Gasteiger charge is -2.14. The molecule has 0 aliphatic heterocycles. The fourth-order valence-electron chi connectivity index (χ4n) is 1.86. The Kier molecular flexibility index (Phi) is 4.36. The number of hydrogen-bond acceptors (Lipinski definition) is 2. The molecule has 0 aromatic heterocycles. The summed E-state index contributed by atoms with van der Waals surface area (Å²) >= 11 is 2.03. The predicted molar refractivity (Wildman–Crippen MR) is 74.5 cm³/mol. The van der Waals surface area contributed by atoms with Gasteiger partial charge in [-0.2, -0.15) is 4.72 Å². The summed E-state index contributed by atoms with van der Waals surface area (Å²) in [4.78, 5) is 0.404. The minimum atomic E-state index is -3.40. The zero-order valence-electron chi connectivity index (χ0n) is 9.83. The summed E-state index contributed by atoms with van der Waals surface area (Å²) < 4.78 is 26.6. The molecule has 0 fully saturated rings. The van der Waals surface area contributed by atoms with Gasteiger partial charge in [0.1, 0.15) is 0 Å². The summed E-state index contributed by atoms with van der Waals surface area (Å²) in [6.07, 6.45) is 0. The van der Waals surface area contributed by atoms with E-state index in [0.29, 0.717) is 4.90 Å². The third kappa shape index (κ3) is 3.18. The molecule has 1 unspecified atom stereocenters. The third-order valence-corrected chi connectivity index (χ3v) is 4.77. The lowest BCUT2D eigenvalue weighted by atomic mass is 10.1. The molecule has 0 bridgehead atoms. The van der Waals surface area contributed by atoms with Crippen LogP contribution in [0.3, 0.4) is 0 Å². The highest BCUT2D eigenvalue weighted by atomic mass is 127. The molecule has 5 heteroatoms. The Morgan fingerprint density at radius 3 is 2.00 bits per heavy atom. The maximum absolute atomic E-state index is 12.1. The normalized spacial score (nSPS) is 13.8. The largest absolute Gasteiger partial charge is 0.242 e. The molecule has 1 atom stereocenters. The molecule has 0 aliphatic rings. The van der Waals surface area contributed by atoms with Crippen molar-refractivity contribution in [3.63, 3.8) is 0 Å². The summed E-state index contributed by atoms with van der Waals surface area (Å²) in [6, 6.07) is 3.78. The topological polar surface area (TPSA) is 46.2 Å². The van der Waals surface area contributed by atoms with Crippen LogP contribution in [0, 0.1) is 20.8 Å². The Balaban J connectivity index is 3.34. The van der Waals surface area contributed by atoms with Crippen LogP contribution < -0.4 is 4.72 Å². The van der Waals surface area contributed by atoms with Gasteiger partial charge < -0.3 is 0 Å². The molecule has 0 heterocycles. The number of aryl methyl sites for hydroxylation is 3. The van der Waals surface area contributed by atoms with Crippen molar-refractivity contribution in [1.82, 2.24) is 4.72 Å². The fourth-order valence-corrected chi connectivity index (χ4v) is 4.38. The highest BCUT2D eigenvalue weighted by Gasteiger charge is 2.20. The van der Waals surface area contributed by atoms with E-state index in [4.69, 9.17) is 0 Å². The molecule has 0 amide bonds. The summed E-state index contributed by atoms with van der Waals surface area (Å²) in [7, 11) is -3.40. The number of benzene rings is 1. The van der Waals surface area contributed by atoms with Crippen molar-refractivity contribution in [2.75, 3.05) is 0 Å². The van der Waals surface area contributed by atoms with Crippen molar-refractivity contribution in [3.05, 3.63) is 28.8 Å². The molecular weight excluding hydrogens is 337 g/mol. The van der Waals surface area contributed by atoms with Gasteiger partial charge in [0.25, 0.3) is 0 Å². The van der Waals surface area contributed by atoms with Crippen LogP contribution in [0.25, 0.3) is 0 Å². The standard InChI is InChI=1S/C11H16INO2S/c1-7-5-8(2)11(9(3)6-7)16(14,15)13-10(4)12/h5-6,10,13H,1-4H3. The lowest BCUT2D eigenvalue weighted by molar-refractivity contribution is 0.581. The molecule has 90 valence electrons. The minimum Gasteiger partial charge on any atom is -0.207 e. The van der Waals surface area contributed by atoms with E-state index in [1.165, 1.54) is 0 Å². The number of rotatable bonds is 3. The molecule has 1 aromatic carbocycles. The highest BCUT2D eigenvalue weighted by Crippen LogP contribution is 2.22. The van der Waals surface area contributed by atoms with Gasteiger partial charge in [0.15, 0.2) is 0 Å². The van der Waals surface area contributed by atoms with Crippen LogP contribution in [0.5, 0.6) is 0 Å². The molecular formula is C11H16INO2S. The van der Waals surface area contributed by atoms with Gasteiger partial charge in [0, 0.05) is 0 Å². The summed E-state index contributed by atoms with van der Waals surface area (Å²) in [6.45, 7) is 7.42. The second-order valence-corrected chi connectivity index (χ2v) is 7.48. The average Bonchev–Trinajstić information content (AvgIpc) is 1.96. The van der Waals surface area contributed by atoms with E-state index < -0.39 is 10.0 Å². The van der Waals surface area contributed by atoms with Crippen LogP contribution in [-0.2, 0) is 10.0 Å². The van der Waals surface area contributed by atoms with E-state index in [1.807, 2.05) is 55.5 Å². The number of sulfonamides is 1. The fraction of sp³-hybridized carbons (Fsp3) is 0.455. The van der Waals surface area contributed by atoms with Crippen molar-refractivity contribution in [3.8, 4) is 0 Å². The van der Waals surface area contributed by atoms with Gasteiger partial charge in [0.2, 0.25) is 10.0 Å². The average molecular weight is 353 g/mol. The second-order valence-electron chi connectivity index (χ2n) is 3.97. The Labute approximate surface area is 111 Å². The molecule has 1 N–H and O–H groups in total. The van der Waals surface area contributed by atoms with Crippen LogP contribution >= 0.6 is 22.6 Å². The van der Waals surface area contributed by atoms with Crippen LogP contribution in [0.15, 0.2) is 17.0 Å². The Morgan fingerprint density at radius 2 is 1.62 bits per heavy atom. The van der Waals surface area contributed by atoms with Crippen molar-refractivity contribution in [2.45, 2.75) is 36.6 Å². The SMILES string of the molecule is Cc1cc(C)c(S(=O)(=O)NC(C)I)c(C)c1. The molecule has 0 saturated heterocycles. The molecule has 0 aliphatic carbocycles. The van der Waals surface area contributed by atoms with Crippen molar-refractivity contribution in [2.24, 2.45) is 0 Å². The van der Waals surface area contributed by atoms with Gasteiger partial charge in [-0.05, 0) is 38.8 Å². The molecule has 3 nitrogen and oxygen atoms in total. The number of halogens is 1. The molecule has 0 spiro atoms. The summed E-state index contributed by atoms with van der Waals surface area (Å²) in [5, 5.41) is 0. The van der Waals surface area contributed by atoms with Crippen LogP contribution in [0.2, 0.25) is 0 Å². The first kappa shape index (κ1) is 13.9. The minimum absolute atomic E-state index is 0.122. The van der Waals surface area contributed by atoms with Crippen LogP contribution in [0.1, 0.15) is 23.6 Å². The van der Waals surface area contributed by atoms with Gasteiger partial charge >= 0.3 is 0 Å². The Hall–Kier alpha value is -0.140. The van der Waals surface area contributed by atoms with E-state index in [-0.39, 0.29) is 4.05 Å². The van der Waals surface area contributed by atoms with Crippen molar-refractivity contribution in [1.29, 1.82) is 0 Å². The quantitative estimate of drug-likeness (QED) is 0.516. The second kappa shape index (κ2) is 5.01. The van der Waals surface area contributed by atoms with E-state index >= 15 is 0 Å². The maximum atomic E-state index is 12.1. The number of hydrogen-bond donors (Lipinski definition) is 1. The molecule has 1 rings (SSSR count). The highest BCUT2D eigenvalue weighted by molar-refractivity contribution is 14.1. The van der Waals surface area contributed by atoms with Crippen molar-refractivity contribution < 1.29 is 8.42 Å². The smallest absolute Gasteiger partial charge is 0.207 e. The number of alkyl halides is 1. The van der Waals surface area contributed by atoms with Gasteiger partial charge in [-0.3, -0.25) is 0 Å². The van der Waals surface area contributed by atoms with E-state index in [0.717, 1.165) is 16.7 Å². The van der Waals surface area contributed by atoms with Gasteiger partial charge in [-0.1, -0.05) is 40.3 Å². The van der Waals surface area contributed by atoms with E-state index in [9.17, 15) is 8.42 Å². The third-order valence-electron chi connectivity index (χ3n) is 2.19. The summed E-state index contributed by atoms with van der Waals surface area (Å²) in [5.41, 5.74) is 2.67. The van der Waals surface area contributed by atoms with Crippen LogP contribution in [-0.4, -0.2) is 12.5 Å². The van der Waals surface area contributed by atoms with Crippen LogP contribution in [0.4, 0.5) is 0 Å². The molecule has 16 heavy (non-hydrogen) atoms. The lowest BCUT2D eigenvalue weighted by Crippen LogP contribution is -2.29. The predicted octanol–water partition coefficient (Wildman–Crippen LogP) is 2.67. The Morgan fingerprint density at radius 1 is 1.19 bits per heavy atom. The summed E-state index contributed by atoms with van der Waals surface area (Å²) in [5.74, 6) is 0. The maximum Gasteiger partial charge on any atom is 0.242 e. The van der Waals surface area contributed by atoms with E-state index in [2.05, 4.69) is 4.72 Å². The molecule has 0 radical (unpaired) electrons. The van der Waals surface area contributed by atoms with Gasteiger partial charge in [-0.15, -0.1) is 0 Å². The van der Waals surface area contributed by atoms with E-state index in [1.54, 1.807) is 6.92 Å². The molecule has 0 saturated carbocycles. The number of nitrogens with one attached hydrogen (secondary N) is 1. The zero-order chi connectivity index (χ0) is 12.5. The first-order valence-electron chi connectivity index (χ1n) is 4.98. The Bertz CT molecular complexity index is 472. The molecule has 1 aromatic rings. The van der Waals surface area contributed by atoms with Crippen molar-refractivity contribution >= 4 is 32.6 Å². The first-order chi connectivity index (χ1) is 7.24. The first-order valence-corrected chi connectivity index (χ1v) is 7.71. The van der Waals surface area contributed by atoms with Gasteiger partial charge in [0.05, 0.1) is 8.94 Å². The monoisotopic (exact) mass is 353 g/mol. The zero-order valence-corrected chi connectivity index (χ0v) is 12.8.